The van der Waals surface area contributed by atoms with Gasteiger partial charge < -0.3 is 14.8 Å². The maximum absolute atomic E-state index is 13.3. The van der Waals surface area contributed by atoms with Crippen LogP contribution >= 0.6 is 11.3 Å². The Hall–Kier alpha value is -3.26. The molecule has 152 valence electrons. The van der Waals surface area contributed by atoms with Crippen LogP contribution in [-0.2, 0) is 26.1 Å². The summed E-state index contributed by atoms with van der Waals surface area (Å²) in [5.74, 6) is -0.293. The minimum absolute atomic E-state index is 0.0289. The molecule has 3 aromatic heterocycles. The molecule has 0 aromatic carbocycles. The van der Waals surface area contributed by atoms with Crippen LogP contribution in [0.5, 0.6) is 0 Å². The zero-order chi connectivity index (χ0) is 20.8. The second kappa shape index (κ2) is 7.21. The molecule has 5 rings (SSSR count). The van der Waals surface area contributed by atoms with Gasteiger partial charge in [-0.15, -0.1) is 0 Å². The number of aromatic amines is 1. The topological polar surface area (TPSA) is 86.4 Å². The monoisotopic (exact) mass is 420 g/mol. The zero-order valence-electron chi connectivity index (χ0n) is 16.5. The predicted molar refractivity (Wildman–Crippen MR) is 112 cm³/mol. The summed E-state index contributed by atoms with van der Waals surface area (Å²) in [5.41, 5.74) is 5.07. The van der Waals surface area contributed by atoms with Gasteiger partial charge in [0.2, 0.25) is 0 Å². The van der Waals surface area contributed by atoms with Gasteiger partial charge in [-0.3, -0.25) is 19.4 Å². The fourth-order valence-electron chi connectivity index (χ4n) is 4.24. The lowest BCUT2D eigenvalue weighted by molar-refractivity contribution is 0.0731. The van der Waals surface area contributed by atoms with E-state index in [2.05, 4.69) is 9.97 Å². The first-order valence-corrected chi connectivity index (χ1v) is 10.7. The van der Waals surface area contributed by atoms with Crippen LogP contribution in [0.15, 0.2) is 40.1 Å². The first kappa shape index (κ1) is 18.7. The molecule has 0 spiro atoms. The molecule has 0 radical (unpaired) electrons. The fourth-order valence-corrected chi connectivity index (χ4v) is 4.87. The molecule has 1 N–H and O–H groups in total. The number of H-pyrrole nitrogens is 1. The van der Waals surface area contributed by atoms with Gasteiger partial charge in [-0.05, 0) is 53.1 Å². The van der Waals surface area contributed by atoms with Crippen molar-refractivity contribution in [2.75, 3.05) is 6.54 Å². The fraction of sp³-hybridized carbons (Fsp3) is 0.273. The molecule has 0 bridgehead atoms. The second-order valence-electron chi connectivity index (χ2n) is 7.74. The highest BCUT2D eigenvalue weighted by Gasteiger charge is 2.31. The normalized spacial score (nSPS) is 15.1. The summed E-state index contributed by atoms with van der Waals surface area (Å²) >= 11 is 1.49. The van der Waals surface area contributed by atoms with Gasteiger partial charge in [-0.25, -0.2) is 0 Å². The number of aromatic nitrogens is 2. The van der Waals surface area contributed by atoms with Crippen LogP contribution in [0.3, 0.4) is 0 Å². The first-order chi connectivity index (χ1) is 14.5. The van der Waals surface area contributed by atoms with Crippen LogP contribution in [-0.4, -0.2) is 38.1 Å². The third kappa shape index (κ3) is 3.13. The largest absolute Gasteiger partial charge is 0.334 e. The van der Waals surface area contributed by atoms with Gasteiger partial charge in [-0.2, -0.15) is 11.3 Å². The number of amides is 2. The van der Waals surface area contributed by atoms with Gasteiger partial charge in [0.15, 0.2) is 0 Å². The summed E-state index contributed by atoms with van der Waals surface area (Å²) in [6.45, 7) is 3.71. The molecule has 0 saturated carbocycles. The van der Waals surface area contributed by atoms with Crippen LogP contribution in [0.2, 0.25) is 0 Å². The third-order valence-electron chi connectivity index (χ3n) is 5.79. The quantitative estimate of drug-likeness (QED) is 0.690. The number of nitrogens with one attached hydrogen (secondary N) is 1. The smallest absolute Gasteiger partial charge is 0.261 e. The standard InChI is InChI=1S/C22H20N4O3S/c1-13-6-15-9-26(10-16(15)7-23-13)22(29)19-18-2-4-25(11-17(18)8-24-20(19)27)21(28)14-3-5-30-12-14/h3,5-8,12H,2,4,9-11H2,1H3,(H,24,27). The summed E-state index contributed by atoms with van der Waals surface area (Å²) in [6, 6.07) is 3.80. The van der Waals surface area contributed by atoms with Crippen LogP contribution in [0.25, 0.3) is 0 Å². The van der Waals surface area contributed by atoms with Gasteiger partial charge in [0.25, 0.3) is 17.4 Å². The predicted octanol–water partition coefficient (Wildman–Crippen LogP) is 2.49. The molecule has 30 heavy (non-hydrogen) atoms. The Bertz CT molecular complexity index is 1220. The lowest BCUT2D eigenvalue weighted by Gasteiger charge is -2.30. The Morgan fingerprint density at radius 3 is 2.70 bits per heavy atom. The summed E-state index contributed by atoms with van der Waals surface area (Å²) in [7, 11) is 0. The number of hydrogen-bond acceptors (Lipinski definition) is 5. The Labute approximate surface area is 177 Å². The minimum atomic E-state index is -0.373. The average molecular weight is 420 g/mol. The third-order valence-corrected chi connectivity index (χ3v) is 6.47. The molecular formula is C22H20N4O3S. The summed E-state index contributed by atoms with van der Waals surface area (Å²) in [4.78, 5) is 49.1. The molecule has 5 heterocycles. The highest BCUT2D eigenvalue weighted by molar-refractivity contribution is 7.08. The van der Waals surface area contributed by atoms with Crippen molar-refractivity contribution < 1.29 is 9.59 Å². The van der Waals surface area contributed by atoms with Crippen LogP contribution in [0.1, 0.15) is 48.7 Å². The summed E-state index contributed by atoms with van der Waals surface area (Å²) in [5, 5.41) is 3.71. The van der Waals surface area contributed by atoms with E-state index in [1.807, 2.05) is 29.8 Å². The van der Waals surface area contributed by atoms with Crippen molar-refractivity contribution in [1.29, 1.82) is 0 Å². The lowest BCUT2D eigenvalue weighted by Crippen LogP contribution is -2.39. The van der Waals surface area contributed by atoms with E-state index in [0.29, 0.717) is 38.2 Å². The molecule has 0 fully saturated rings. The highest BCUT2D eigenvalue weighted by Crippen LogP contribution is 2.27. The second-order valence-corrected chi connectivity index (χ2v) is 8.52. The maximum Gasteiger partial charge on any atom is 0.261 e. The molecule has 0 aliphatic carbocycles. The van der Waals surface area contributed by atoms with E-state index in [9.17, 15) is 14.4 Å². The number of nitrogens with zero attached hydrogens (tertiary/aromatic N) is 3. The van der Waals surface area contributed by atoms with Crippen LogP contribution in [0.4, 0.5) is 0 Å². The number of hydrogen-bond donors (Lipinski definition) is 1. The molecule has 0 unspecified atom stereocenters. The van der Waals surface area contributed by atoms with E-state index in [4.69, 9.17) is 0 Å². The van der Waals surface area contributed by atoms with E-state index in [1.165, 1.54) is 11.3 Å². The van der Waals surface area contributed by atoms with Crippen LogP contribution < -0.4 is 5.56 Å². The Morgan fingerprint density at radius 2 is 1.90 bits per heavy atom. The van der Waals surface area contributed by atoms with Crippen LogP contribution in [0, 0.1) is 6.92 Å². The number of rotatable bonds is 2. The van der Waals surface area contributed by atoms with Gasteiger partial charge in [0.05, 0.1) is 5.56 Å². The molecule has 2 aliphatic heterocycles. The van der Waals surface area contributed by atoms with Gasteiger partial charge >= 0.3 is 0 Å². The van der Waals surface area contributed by atoms with E-state index in [1.54, 1.807) is 22.2 Å². The molecule has 0 atom stereocenters. The first-order valence-electron chi connectivity index (χ1n) is 9.80. The number of thiophene rings is 1. The number of carbonyl (C=O) groups is 2. The summed E-state index contributed by atoms with van der Waals surface area (Å²) in [6.07, 6.45) is 3.92. The molecular weight excluding hydrogens is 400 g/mol. The van der Waals surface area contributed by atoms with Crippen molar-refractivity contribution in [2.24, 2.45) is 0 Å². The number of pyridine rings is 2. The molecule has 7 nitrogen and oxygen atoms in total. The van der Waals surface area contributed by atoms with Crippen molar-refractivity contribution in [1.82, 2.24) is 19.8 Å². The Balaban J connectivity index is 1.43. The van der Waals surface area contributed by atoms with Crippen molar-refractivity contribution in [2.45, 2.75) is 33.0 Å². The van der Waals surface area contributed by atoms with Crippen molar-refractivity contribution >= 4 is 23.2 Å². The maximum atomic E-state index is 13.3. The van der Waals surface area contributed by atoms with Gasteiger partial charge in [0.1, 0.15) is 5.56 Å². The van der Waals surface area contributed by atoms with E-state index >= 15 is 0 Å². The SMILES string of the molecule is Cc1cc2c(cn1)CN(C(=O)c1c3c(c[nH]c1=O)CN(C(=O)c1ccsc1)CC3)C2. The van der Waals surface area contributed by atoms with Crippen molar-refractivity contribution in [3.8, 4) is 0 Å². The average Bonchev–Trinajstić information content (AvgIpc) is 3.42. The van der Waals surface area contributed by atoms with Gasteiger partial charge in [0, 0.05) is 49.6 Å². The molecule has 2 amide bonds. The zero-order valence-corrected chi connectivity index (χ0v) is 17.3. The molecule has 2 aliphatic rings. The Morgan fingerprint density at radius 1 is 1.10 bits per heavy atom. The van der Waals surface area contributed by atoms with E-state index in [-0.39, 0.29) is 22.9 Å². The highest BCUT2D eigenvalue weighted by atomic mass is 32.1. The van der Waals surface area contributed by atoms with Crippen molar-refractivity contribution in [3.05, 3.63) is 84.7 Å². The van der Waals surface area contributed by atoms with Crippen molar-refractivity contribution in [3.63, 3.8) is 0 Å². The lowest BCUT2D eigenvalue weighted by atomic mass is 9.95. The molecule has 8 heteroatoms. The number of carbonyl (C=O) groups excluding carboxylic acids is 2. The number of aryl methyl sites for hydroxylation is 1. The number of fused-ring (bicyclic) bond motifs is 2. The summed E-state index contributed by atoms with van der Waals surface area (Å²) < 4.78 is 0. The minimum Gasteiger partial charge on any atom is -0.334 e. The molecule has 0 saturated heterocycles. The van der Waals surface area contributed by atoms with Gasteiger partial charge in [-0.1, -0.05) is 0 Å². The Kier molecular flexibility index (Phi) is 4.51. The van der Waals surface area contributed by atoms with E-state index < -0.39 is 0 Å². The molecule has 3 aromatic rings. The van der Waals surface area contributed by atoms with E-state index in [0.717, 1.165) is 27.9 Å².